The molecule has 2 aliphatic rings. The zero-order chi connectivity index (χ0) is 10.7. The van der Waals surface area contributed by atoms with E-state index in [1.807, 2.05) is 0 Å². The SMILES string of the molecule is CCC1CCC(CNC2CC2)C(CC)C1. The van der Waals surface area contributed by atoms with Crippen LogP contribution in [0.3, 0.4) is 0 Å². The molecule has 2 fully saturated rings. The second-order valence-corrected chi connectivity index (χ2v) is 5.70. The van der Waals surface area contributed by atoms with Gasteiger partial charge in [0.25, 0.3) is 0 Å². The van der Waals surface area contributed by atoms with E-state index in [-0.39, 0.29) is 0 Å². The maximum atomic E-state index is 3.72. The quantitative estimate of drug-likeness (QED) is 0.729. The van der Waals surface area contributed by atoms with E-state index >= 15 is 0 Å². The topological polar surface area (TPSA) is 12.0 Å². The van der Waals surface area contributed by atoms with Crippen LogP contribution in [0, 0.1) is 17.8 Å². The van der Waals surface area contributed by atoms with Crippen LogP contribution in [0.2, 0.25) is 0 Å². The van der Waals surface area contributed by atoms with Crippen molar-refractivity contribution in [2.24, 2.45) is 17.8 Å². The molecule has 0 aromatic heterocycles. The van der Waals surface area contributed by atoms with Gasteiger partial charge in [-0.25, -0.2) is 0 Å². The van der Waals surface area contributed by atoms with Gasteiger partial charge in [-0.05, 0) is 50.0 Å². The Morgan fingerprint density at radius 1 is 0.933 bits per heavy atom. The van der Waals surface area contributed by atoms with Crippen LogP contribution in [0.4, 0.5) is 0 Å². The fourth-order valence-electron chi connectivity index (χ4n) is 3.17. The van der Waals surface area contributed by atoms with Gasteiger partial charge in [-0.1, -0.05) is 33.1 Å². The van der Waals surface area contributed by atoms with E-state index in [4.69, 9.17) is 0 Å². The standard InChI is InChI=1S/C14H27N/c1-3-11-5-6-13(12(4-2)9-11)10-15-14-7-8-14/h11-15H,3-10H2,1-2H3. The number of nitrogens with one attached hydrogen (secondary N) is 1. The van der Waals surface area contributed by atoms with Crippen molar-refractivity contribution < 1.29 is 0 Å². The molecule has 0 aromatic carbocycles. The molecule has 0 saturated heterocycles. The minimum Gasteiger partial charge on any atom is -0.314 e. The number of hydrogen-bond acceptors (Lipinski definition) is 1. The summed E-state index contributed by atoms with van der Waals surface area (Å²) in [5, 5.41) is 3.72. The molecule has 15 heavy (non-hydrogen) atoms. The highest BCUT2D eigenvalue weighted by atomic mass is 14.9. The molecule has 3 unspecified atom stereocenters. The van der Waals surface area contributed by atoms with E-state index in [2.05, 4.69) is 19.2 Å². The summed E-state index contributed by atoms with van der Waals surface area (Å²) in [5.74, 6) is 3.03. The third-order valence-electron chi connectivity index (χ3n) is 4.60. The molecule has 0 bridgehead atoms. The summed E-state index contributed by atoms with van der Waals surface area (Å²) in [5.41, 5.74) is 0. The largest absolute Gasteiger partial charge is 0.314 e. The smallest absolute Gasteiger partial charge is 0.00683 e. The van der Waals surface area contributed by atoms with E-state index in [1.54, 1.807) is 0 Å². The summed E-state index contributed by atoms with van der Waals surface area (Å²) >= 11 is 0. The average molecular weight is 209 g/mol. The highest BCUT2D eigenvalue weighted by molar-refractivity contribution is 4.85. The van der Waals surface area contributed by atoms with Crippen LogP contribution in [0.5, 0.6) is 0 Å². The van der Waals surface area contributed by atoms with Crippen molar-refractivity contribution >= 4 is 0 Å². The van der Waals surface area contributed by atoms with Crippen LogP contribution in [0.25, 0.3) is 0 Å². The summed E-state index contributed by atoms with van der Waals surface area (Å²) < 4.78 is 0. The minimum atomic E-state index is 0.895. The lowest BCUT2D eigenvalue weighted by Crippen LogP contribution is -2.33. The molecule has 0 aromatic rings. The molecule has 88 valence electrons. The first-order chi connectivity index (χ1) is 7.33. The predicted molar refractivity (Wildman–Crippen MR) is 65.9 cm³/mol. The Labute approximate surface area is 95.0 Å². The molecule has 0 amide bonds. The summed E-state index contributed by atoms with van der Waals surface area (Å²) in [6, 6.07) is 0.895. The van der Waals surface area contributed by atoms with Crippen LogP contribution >= 0.6 is 0 Å². The van der Waals surface area contributed by atoms with Gasteiger partial charge in [-0.15, -0.1) is 0 Å². The first kappa shape index (κ1) is 11.4. The molecular weight excluding hydrogens is 182 g/mol. The van der Waals surface area contributed by atoms with Crippen LogP contribution in [0.15, 0.2) is 0 Å². The Morgan fingerprint density at radius 2 is 1.73 bits per heavy atom. The minimum absolute atomic E-state index is 0.895. The van der Waals surface area contributed by atoms with Gasteiger partial charge < -0.3 is 5.32 Å². The molecule has 0 spiro atoms. The van der Waals surface area contributed by atoms with Gasteiger partial charge in [0.1, 0.15) is 0 Å². The van der Waals surface area contributed by atoms with Gasteiger partial charge in [-0.3, -0.25) is 0 Å². The van der Waals surface area contributed by atoms with E-state index in [0.717, 1.165) is 23.8 Å². The fraction of sp³-hybridized carbons (Fsp3) is 1.00. The van der Waals surface area contributed by atoms with Crippen molar-refractivity contribution in [1.29, 1.82) is 0 Å². The van der Waals surface area contributed by atoms with Crippen molar-refractivity contribution in [1.82, 2.24) is 5.32 Å². The number of hydrogen-bond donors (Lipinski definition) is 1. The average Bonchev–Trinajstić information content (AvgIpc) is 3.10. The summed E-state index contributed by atoms with van der Waals surface area (Å²) in [6.07, 6.45) is 10.1. The van der Waals surface area contributed by atoms with Gasteiger partial charge in [-0.2, -0.15) is 0 Å². The zero-order valence-electron chi connectivity index (χ0n) is 10.5. The monoisotopic (exact) mass is 209 g/mol. The molecule has 0 heterocycles. The van der Waals surface area contributed by atoms with Crippen LogP contribution in [0.1, 0.15) is 58.8 Å². The van der Waals surface area contributed by atoms with Gasteiger partial charge in [0.05, 0.1) is 0 Å². The lowest BCUT2D eigenvalue weighted by molar-refractivity contribution is 0.167. The van der Waals surface area contributed by atoms with Crippen molar-refractivity contribution in [3.63, 3.8) is 0 Å². The Morgan fingerprint density at radius 3 is 2.33 bits per heavy atom. The molecule has 2 aliphatic carbocycles. The first-order valence-electron chi connectivity index (χ1n) is 7.06. The molecule has 0 aliphatic heterocycles. The van der Waals surface area contributed by atoms with Crippen LogP contribution < -0.4 is 5.32 Å². The van der Waals surface area contributed by atoms with Crippen LogP contribution in [-0.4, -0.2) is 12.6 Å². The zero-order valence-corrected chi connectivity index (χ0v) is 10.5. The maximum absolute atomic E-state index is 3.72. The first-order valence-corrected chi connectivity index (χ1v) is 7.06. The molecule has 0 radical (unpaired) electrons. The van der Waals surface area contributed by atoms with E-state index in [9.17, 15) is 0 Å². The molecule has 1 heteroatoms. The predicted octanol–water partition coefficient (Wildman–Crippen LogP) is 3.59. The Bertz CT molecular complexity index is 186. The lowest BCUT2D eigenvalue weighted by Gasteiger charge is -2.35. The van der Waals surface area contributed by atoms with Gasteiger partial charge in [0, 0.05) is 6.04 Å². The Hall–Kier alpha value is -0.0400. The van der Waals surface area contributed by atoms with Gasteiger partial charge in [0.15, 0.2) is 0 Å². The molecule has 2 saturated carbocycles. The van der Waals surface area contributed by atoms with Crippen LogP contribution in [-0.2, 0) is 0 Å². The van der Waals surface area contributed by atoms with Crippen molar-refractivity contribution in [2.75, 3.05) is 6.54 Å². The summed E-state index contributed by atoms with van der Waals surface area (Å²) in [6.45, 7) is 6.05. The number of rotatable bonds is 5. The Balaban J connectivity index is 1.76. The summed E-state index contributed by atoms with van der Waals surface area (Å²) in [4.78, 5) is 0. The lowest BCUT2D eigenvalue weighted by atomic mass is 9.72. The second-order valence-electron chi connectivity index (χ2n) is 5.70. The third kappa shape index (κ3) is 3.21. The molecule has 3 atom stereocenters. The van der Waals surface area contributed by atoms with Gasteiger partial charge in [0.2, 0.25) is 0 Å². The van der Waals surface area contributed by atoms with Crippen molar-refractivity contribution in [3.8, 4) is 0 Å². The van der Waals surface area contributed by atoms with Crippen molar-refractivity contribution in [2.45, 2.75) is 64.8 Å². The molecule has 1 nitrogen and oxygen atoms in total. The Kier molecular flexibility index (Phi) is 4.07. The molecule has 2 rings (SSSR count). The normalized spacial score (nSPS) is 36.8. The van der Waals surface area contributed by atoms with E-state index in [0.29, 0.717) is 0 Å². The maximum Gasteiger partial charge on any atom is 0.00683 e. The summed E-state index contributed by atoms with van der Waals surface area (Å²) in [7, 11) is 0. The third-order valence-corrected chi connectivity index (χ3v) is 4.60. The molecule has 1 N–H and O–H groups in total. The fourth-order valence-corrected chi connectivity index (χ4v) is 3.17. The van der Waals surface area contributed by atoms with Gasteiger partial charge >= 0.3 is 0 Å². The highest BCUT2D eigenvalue weighted by Crippen LogP contribution is 2.37. The molecular formula is C14H27N. The van der Waals surface area contributed by atoms with E-state index < -0.39 is 0 Å². The second kappa shape index (κ2) is 5.34. The highest BCUT2D eigenvalue weighted by Gasteiger charge is 2.30. The van der Waals surface area contributed by atoms with E-state index in [1.165, 1.54) is 51.5 Å². The van der Waals surface area contributed by atoms with Crippen molar-refractivity contribution in [3.05, 3.63) is 0 Å².